The quantitative estimate of drug-likeness (QED) is 0.897. The van der Waals surface area contributed by atoms with E-state index in [1.807, 2.05) is 12.1 Å². The molecule has 23 heavy (non-hydrogen) atoms. The number of hydrogen-bond acceptors (Lipinski definition) is 5. The van der Waals surface area contributed by atoms with Crippen molar-refractivity contribution in [3.63, 3.8) is 0 Å². The Morgan fingerprint density at radius 2 is 1.87 bits per heavy atom. The maximum absolute atomic E-state index is 11.5. The molecule has 0 atom stereocenters. The van der Waals surface area contributed by atoms with Crippen molar-refractivity contribution in [3.05, 3.63) is 51.9 Å². The van der Waals surface area contributed by atoms with E-state index in [0.717, 1.165) is 38.4 Å². The molecular formula is C17H23N5O. The summed E-state index contributed by atoms with van der Waals surface area (Å²) in [6.45, 7) is 7.28. The Bertz CT molecular complexity index is 702. The minimum Gasteiger partial charge on any atom is -0.326 e. The highest BCUT2D eigenvalue weighted by Gasteiger charge is 2.13. The summed E-state index contributed by atoms with van der Waals surface area (Å²) in [7, 11) is 2.17. The summed E-state index contributed by atoms with van der Waals surface area (Å²) < 4.78 is 0. The van der Waals surface area contributed by atoms with Crippen molar-refractivity contribution < 1.29 is 0 Å². The van der Waals surface area contributed by atoms with Gasteiger partial charge in [0.25, 0.3) is 5.56 Å². The molecule has 6 nitrogen and oxygen atoms in total. The zero-order valence-corrected chi connectivity index (χ0v) is 13.7. The van der Waals surface area contributed by atoms with Crippen molar-refractivity contribution in [1.82, 2.24) is 19.8 Å². The van der Waals surface area contributed by atoms with Crippen LogP contribution in [0.25, 0.3) is 0 Å². The first-order chi connectivity index (χ1) is 11.1. The molecule has 1 aromatic heterocycles. The van der Waals surface area contributed by atoms with E-state index in [0.29, 0.717) is 11.6 Å². The predicted octanol–water partition coefficient (Wildman–Crippen LogP) is 1.57. The topological polar surface area (TPSA) is 64.3 Å². The number of likely N-dealkylation sites (N-methyl/N-ethyl adjacent to an activating group) is 1. The largest absolute Gasteiger partial charge is 0.326 e. The van der Waals surface area contributed by atoms with Gasteiger partial charge < -0.3 is 10.2 Å². The zero-order valence-electron chi connectivity index (χ0n) is 13.7. The zero-order chi connectivity index (χ0) is 16.2. The number of rotatable bonds is 4. The number of H-pyrrole nitrogens is 1. The van der Waals surface area contributed by atoms with E-state index in [4.69, 9.17) is 0 Å². The van der Waals surface area contributed by atoms with E-state index >= 15 is 0 Å². The molecule has 0 unspecified atom stereocenters. The molecule has 1 aromatic carbocycles. The molecule has 2 aromatic rings. The second-order valence-electron chi connectivity index (χ2n) is 6.14. The van der Waals surface area contributed by atoms with E-state index in [1.54, 1.807) is 6.92 Å². The number of aromatic nitrogens is 2. The number of anilines is 2. The third-order valence-corrected chi connectivity index (χ3v) is 4.09. The van der Waals surface area contributed by atoms with Crippen LogP contribution in [-0.2, 0) is 6.54 Å². The fourth-order valence-corrected chi connectivity index (χ4v) is 2.73. The van der Waals surface area contributed by atoms with E-state index in [1.165, 1.54) is 11.6 Å². The molecule has 122 valence electrons. The Labute approximate surface area is 136 Å². The molecule has 1 aliphatic heterocycles. The van der Waals surface area contributed by atoms with Crippen LogP contribution >= 0.6 is 0 Å². The predicted molar refractivity (Wildman–Crippen MR) is 92.1 cm³/mol. The fourth-order valence-electron chi connectivity index (χ4n) is 2.73. The van der Waals surface area contributed by atoms with Gasteiger partial charge in [-0.15, -0.1) is 0 Å². The van der Waals surface area contributed by atoms with Crippen molar-refractivity contribution in [1.29, 1.82) is 0 Å². The third-order valence-electron chi connectivity index (χ3n) is 4.09. The van der Waals surface area contributed by atoms with Crippen LogP contribution in [0.3, 0.4) is 0 Å². The average Bonchev–Trinajstić information content (AvgIpc) is 2.50. The van der Waals surface area contributed by atoms with E-state index < -0.39 is 0 Å². The van der Waals surface area contributed by atoms with Crippen molar-refractivity contribution in [2.45, 2.75) is 13.5 Å². The normalized spacial score (nSPS) is 16.4. The van der Waals surface area contributed by atoms with Gasteiger partial charge in [0, 0.05) is 50.2 Å². The second kappa shape index (κ2) is 6.93. The highest BCUT2D eigenvalue weighted by molar-refractivity contribution is 5.53. The number of nitrogens with zero attached hydrogens (tertiary/aromatic N) is 3. The first kappa shape index (κ1) is 15.7. The Morgan fingerprint density at radius 1 is 1.17 bits per heavy atom. The molecule has 1 fully saturated rings. The Hall–Kier alpha value is -2.18. The van der Waals surface area contributed by atoms with E-state index in [9.17, 15) is 4.79 Å². The van der Waals surface area contributed by atoms with Crippen LogP contribution in [0.5, 0.6) is 0 Å². The lowest BCUT2D eigenvalue weighted by molar-refractivity contribution is 0.148. The summed E-state index contributed by atoms with van der Waals surface area (Å²) in [4.78, 5) is 23.3. The van der Waals surface area contributed by atoms with Crippen LogP contribution in [0.2, 0.25) is 0 Å². The van der Waals surface area contributed by atoms with Crippen LogP contribution < -0.4 is 10.9 Å². The lowest BCUT2D eigenvalue weighted by atomic mass is 10.2. The first-order valence-electron chi connectivity index (χ1n) is 7.93. The minimum absolute atomic E-state index is 0.147. The highest BCUT2D eigenvalue weighted by atomic mass is 16.1. The Morgan fingerprint density at radius 3 is 2.52 bits per heavy atom. The molecule has 0 spiro atoms. The molecule has 3 rings (SSSR count). The molecule has 0 amide bonds. The second-order valence-corrected chi connectivity index (χ2v) is 6.14. The van der Waals surface area contributed by atoms with Crippen LogP contribution in [0.1, 0.15) is 11.3 Å². The maximum atomic E-state index is 11.5. The number of hydrogen-bond donors (Lipinski definition) is 2. The molecule has 6 heteroatoms. The summed E-state index contributed by atoms with van der Waals surface area (Å²) in [6, 6.07) is 9.76. The molecule has 0 aliphatic carbocycles. The van der Waals surface area contributed by atoms with Crippen molar-refractivity contribution in [2.75, 3.05) is 38.5 Å². The molecule has 0 radical (unpaired) electrons. The monoisotopic (exact) mass is 313 g/mol. The lowest BCUT2D eigenvalue weighted by Crippen LogP contribution is -2.43. The highest BCUT2D eigenvalue weighted by Crippen LogP contribution is 2.15. The molecule has 2 heterocycles. The number of piperazine rings is 1. The summed E-state index contributed by atoms with van der Waals surface area (Å²) in [5.41, 5.74) is 2.77. The average molecular weight is 313 g/mol. The van der Waals surface area contributed by atoms with Crippen molar-refractivity contribution in [3.8, 4) is 0 Å². The van der Waals surface area contributed by atoms with Gasteiger partial charge in [-0.1, -0.05) is 12.1 Å². The molecule has 2 N–H and O–H groups in total. The number of aromatic amines is 1. The first-order valence-corrected chi connectivity index (χ1v) is 7.93. The SMILES string of the molecule is Cc1cc(=O)[nH]c(Nc2ccc(CN3CCN(C)CC3)cc2)n1. The van der Waals surface area contributed by atoms with Crippen LogP contribution in [0.15, 0.2) is 35.1 Å². The number of nitrogens with one attached hydrogen (secondary N) is 2. The van der Waals surface area contributed by atoms with Gasteiger partial charge in [0.1, 0.15) is 0 Å². The van der Waals surface area contributed by atoms with Gasteiger partial charge in [-0.05, 0) is 31.7 Å². The summed E-state index contributed by atoms with van der Waals surface area (Å²) in [6.07, 6.45) is 0. The van der Waals surface area contributed by atoms with Crippen LogP contribution in [0.4, 0.5) is 11.6 Å². The van der Waals surface area contributed by atoms with Gasteiger partial charge >= 0.3 is 0 Å². The molecule has 1 aliphatic rings. The van der Waals surface area contributed by atoms with Gasteiger partial charge in [0.2, 0.25) is 5.95 Å². The summed E-state index contributed by atoms with van der Waals surface area (Å²) in [5.74, 6) is 0.474. The number of aryl methyl sites for hydroxylation is 1. The number of benzene rings is 1. The van der Waals surface area contributed by atoms with Gasteiger partial charge in [0.05, 0.1) is 0 Å². The lowest BCUT2D eigenvalue weighted by Gasteiger charge is -2.32. The molecular weight excluding hydrogens is 290 g/mol. The van der Waals surface area contributed by atoms with E-state index in [2.05, 4.69) is 44.3 Å². The molecule has 0 saturated carbocycles. The van der Waals surface area contributed by atoms with Crippen LogP contribution in [-0.4, -0.2) is 53.0 Å². The van der Waals surface area contributed by atoms with Crippen LogP contribution in [0, 0.1) is 6.92 Å². The maximum Gasteiger partial charge on any atom is 0.252 e. The van der Waals surface area contributed by atoms with Gasteiger partial charge in [-0.3, -0.25) is 14.7 Å². The fraction of sp³-hybridized carbons (Fsp3) is 0.412. The van der Waals surface area contributed by atoms with Gasteiger partial charge in [-0.25, -0.2) is 4.98 Å². The van der Waals surface area contributed by atoms with Crippen molar-refractivity contribution >= 4 is 11.6 Å². The van der Waals surface area contributed by atoms with E-state index in [-0.39, 0.29) is 5.56 Å². The molecule has 0 bridgehead atoms. The standard InChI is InChI=1S/C17H23N5O/c1-13-11-16(23)20-17(18-13)19-15-5-3-14(4-6-15)12-22-9-7-21(2)8-10-22/h3-6,11H,7-10,12H2,1-2H3,(H2,18,19,20,23). The molecule has 1 saturated heterocycles. The summed E-state index contributed by atoms with van der Waals surface area (Å²) in [5, 5.41) is 3.14. The smallest absolute Gasteiger partial charge is 0.252 e. The van der Waals surface area contributed by atoms with Gasteiger partial charge in [0.15, 0.2) is 0 Å². The summed E-state index contributed by atoms with van der Waals surface area (Å²) >= 11 is 0. The van der Waals surface area contributed by atoms with Gasteiger partial charge in [-0.2, -0.15) is 0 Å². The minimum atomic E-state index is -0.147. The Balaban J connectivity index is 1.61. The van der Waals surface area contributed by atoms with Crippen molar-refractivity contribution in [2.24, 2.45) is 0 Å². The third kappa shape index (κ3) is 4.40. The Kier molecular flexibility index (Phi) is 4.73.